The highest BCUT2D eigenvalue weighted by molar-refractivity contribution is 5.97. The molecule has 4 heterocycles. The topological polar surface area (TPSA) is 103 Å². The number of para-hydroxylation sites is 1. The highest BCUT2D eigenvalue weighted by atomic mass is 19.1. The number of hydrogen-bond acceptors (Lipinski definition) is 5. The summed E-state index contributed by atoms with van der Waals surface area (Å²) >= 11 is 0. The molecule has 0 aliphatic rings. The van der Waals surface area contributed by atoms with Crippen LogP contribution in [0.2, 0.25) is 0 Å². The summed E-state index contributed by atoms with van der Waals surface area (Å²) in [6.45, 7) is 0. The molecular weight excluding hydrogens is 407 g/mol. The van der Waals surface area contributed by atoms with Crippen LogP contribution in [0.15, 0.2) is 73.2 Å². The van der Waals surface area contributed by atoms with Gasteiger partial charge in [-0.25, -0.2) is 9.37 Å². The lowest BCUT2D eigenvalue weighted by Crippen LogP contribution is -1.85. The van der Waals surface area contributed by atoms with Crippen LogP contribution in [0.4, 0.5) is 4.39 Å². The third-order valence-corrected chi connectivity index (χ3v) is 5.35. The number of pyridine rings is 2. The number of nitrogens with zero attached hydrogens (tertiary/aromatic N) is 4. The average molecular weight is 422 g/mol. The molecule has 0 aliphatic heterocycles. The molecule has 0 bridgehead atoms. The van der Waals surface area contributed by atoms with Gasteiger partial charge in [0.1, 0.15) is 17.3 Å². The number of nitrogens with one attached hydrogen (secondary N) is 2. The van der Waals surface area contributed by atoms with Gasteiger partial charge >= 0.3 is 0 Å². The van der Waals surface area contributed by atoms with E-state index in [0.717, 1.165) is 33.7 Å². The minimum Gasteiger partial charge on any atom is -0.508 e. The van der Waals surface area contributed by atoms with Crippen LogP contribution in [0.1, 0.15) is 0 Å². The van der Waals surface area contributed by atoms with Crippen LogP contribution >= 0.6 is 0 Å². The van der Waals surface area contributed by atoms with E-state index in [4.69, 9.17) is 4.98 Å². The Balaban J connectivity index is 1.52. The molecule has 7 nitrogen and oxygen atoms in total. The molecule has 6 aromatic rings. The number of benzene rings is 2. The van der Waals surface area contributed by atoms with Gasteiger partial charge in [-0.1, -0.05) is 12.1 Å². The third kappa shape index (κ3) is 2.97. The number of aromatic amines is 2. The molecule has 32 heavy (non-hydrogen) atoms. The first-order valence-electron chi connectivity index (χ1n) is 9.89. The van der Waals surface area contributed by atoms with Crippen LogP contribution in [0.5, 0.6) is 5.75 Å². The normalized spacial score (nSPS) is 11.4. The monoisotopic (exact) mass is 422 g/mol. The van der Waals surface area contributed by atoms with E-state index in [9.17, 15) is 9.50 Å². The second kappa shape index (κ2) is 6.98. The Morgan fingerprint density at radius 2 is 1.78 bits per heavy atom. The predicted octanol–water partition coefficient (Wildman–Crippen LogP) is 5.07. The van der Waals surface area contributed by atoms with Crippen molar-refractivity contribution >= 4 is 21.9 Å². The maximum Gasteiger partial charge on any atom is 0.159 e. The number of H-pyrrole nitrogens is 2. The van der Waals surface area contributed by atoms with Gasteiger partial charge < -0.3 is 10.1 Å². The number of fused-ring (bicyclic) bond motifs is 2. The molecule has 0 unspecified atom stereocenters. The van der Waals surface area contributed by atoms with E-state index in [2.05, 4.69) is 25.1 Å². The molecule has 0 atom stereocenters. The number of rotatable bonds is 3. The molecule has 0 amide bonds. The van der Waals surface area contributed by atoms with Gasteiger partial charge in [-0.3, -0.25) is 15.1 Å². The minimum atomic E-state index is -0.512. The van der Waals surface area contributed by atoms with Crippen molar-refractivity contribution in [3.63, 3.8) is 0 Å². The lowest BCUT2D eigenvalue weighted by molar-refractivity contribution is 0.469. The summed E-state index contributed by atoms with van der Waals surface area (Å²) in [5, 5.41) is 18.2. The van der Waals surface area contributed by atoms with Crippen LogP contribution in [-0.4, -0.2) is 35.2 Å². The SMILES string of the molecule is Oc1cc(F)cc(-c2cccc3[nH]c(-c4n[nH]c5cnc(-c6ccncc6)cc45)nc23)c1. The van der Waals surface area contributed by atoms with Gasteiger partial charge in [0.25, 0.3) is 0 Å². The molecular formula is C24H15FN6O. The zero-order valence-corrected chi connectivity index (χ0v) is 16.5. The molecule has 0 radical (unpaired) electrons. The Bertz CT molecular complexity index is 1590. The van der Waals surface area contributed by atoms with Gasteiger partial charge in [-0.2, -0.15) is 5.10 Å². The number of phenols is 1. The molecule has 0 saturated heterocycles. The van der Waals surface area contributed by atoms with Gasteiger partial charge in [0.15, 0.2) is 5.82 Å². The van der Waals surface area contributed by atoms with Crippen LogP contribution < -0.4 is 0 Å². The van der Waals surface area contributed by atoms with Crippen molar-refractivity contribution in [3.8, 4) is 39.7 Å². The van der Waals surface area contributed by atoms with Crippen LogP contribution in [0, 0.1) is 5.82 Å². The van der Waals surface area contributed by atoms with Crippen LogP contribution in [-0.2, 0) is 0 Å². The zero-order chi connectivity index (χ0) is 21.7. The number of phenolic OH excluding ortho intramolecular Hbond substituents is 1. The molecule has 0 saturated carbocycles. The summed E-state index contributed by atoms with van der Waals surface area (Å²) < 4.78 is 13.9. The molecule has 8 heteroatoms. The summed E-state index contributed by atoms with van der Waals surface area (Å²) in [5.41, 5.74) is 5.88. The van der Waals surface area contributed by atoms with Crippen molar-refractivity contribution in [1.82, 2.24) is 30.1 Å². The van der Waals surface area contributed by atoms with Crippen molar-refractivity contribution in [2.75, 3.05) is 0 Å². The Labute approximate surface area is 180 Å². The lowest BCUT2D eigenvalue weighted by atomic mass is 10.0. The largest absolute Gasteiger partial charge is 0.508 e. The predicted molar refractivity (Wildman–Crippen MR) is 119 cm³/mol. The quantitative estimate of drug-likeness (QED) is 0.369. The molecule has 3 N–H and O–H groups in total. The Morgan fingerprint density at radius 1 is 0.906 bits per heavy atom. The highest BCUT2D eigenvalue weighted by Crippen LogP contribution is 2.33. The number of aromatic hydroxyl groups is 1. The fourth-order valence-corrected chi connectivity index (χ4v) is 3.88. The average Bonchev–Trinajstić information content (AvgIpc) is 3.42. The van der Waals surface area contributed by atoms with Crippen LogP contribution in [0.3, 0.4) is 0 Å². The van der Waals surface area contributed by atoms with Crippen molar-refractivity contribution in [2.45, 2.75) is 0 Å². The fraction of sp³-hybridized carbons (Fsp3) is 0. The maximum atomic E-state index is 13.9. The number of halogens is 1. The van der Waals surface area contributed by atoms with Crippen molar-refractivity contribution in [2.24, 2.45) is 0 Å². The minimum absolute atomic E-state index is 0.137. The molecule has 6 rings (SSSR count). The molecule has 0 aliphatic carbocycles. The molecule has 2 aromatic carbocycles. The Morgan fingerprint density at radius 3 is 2.62 bits per heavy atom. The summed E-state index contributed by atoms with van der Waals surface area (Å²) in [6, 6.07) is 15.3. The summed E-state index contributed by atoms with van der Waals surface area (Å²) in [7, 11) is 0. The van der Waals surface area contributed by atoms with Crippen molar-refractivity contribution < 1.29 is 9.50 Å². The summed E-state index contributed by atoms with van der Waals surface area (Å²) in [4.78, 5) is 16.6. The number of aromatic nitrogens is 6. The molecule has 0 fully saturated rings. The van der Waals surface area contributed by atoms with Gasteiger partial charge in [0, 0.05) is 35.0 Å². The van der Waals surface area contributed by atoms with Gasteiger partial charge in [0.05, 0.1) is 28.4 Å². The van der Waals surface area contributed by atoms with E-state index < -0.39 is 5.82 Å². The van der Waals surface area contributed by atoms with E-state index in [0.29, 0.717) is 28.2 Å². The van der Waals surface area contributed by atoms with E-state index in [1.165, 1.54) is 12.1 Å². The number of hydrogen-bond donors (Lipinski definition) is 3. The van der Waals surface area contributed by atoms with Crippen molar-refractivity contribution in [1.29, 1.82) is 0 Å². The first-order valence-corrected chi connectivity index (χ1v) is 9.89. The van der Waals surface area contributed by atoms with Crippen LogP contribution in [0.25, 0.3) is 55.8 Å². The number of imidazole rings is 1. The van der Waals surface area contributed by atoms with E-state index in [1.807, 2.05) is 36.4 Å². The third-order valence-electron chi connectivity index (χ3n) is 5.35. The highest BCUT2D eigenvalue weighted by Gasteiger charge is 2.16. The lowest BCUT2D eigenvalue weighted by Gasteiger charge is -2.04. The van der Waals surface area contributed by atoms with Gasteiger partial charge in [-0.05, 0) is 42.0 Å². The van der Waals surface area contributed by atoms with Crippen molar-refractivity contribution in [3.05, 3.63) is 79.0 Å². The zero-order valence-electron chi connectivity index (χ0n) is 16.5. The summed E-state index contributed by atoms with van der Waals surface area (Å²) in [6.07, 6.45) is 5.19. The van der Waals surface area contributed by atoms with Gasteiger partial charge in [-0.15, -0.1) is 0 Å². The Hall–Kier alpha value is -4.59. The van der Waals surface area contributed by atoms with Gasteiger partial charge in [0.2, 0.25) is 0 Å². The molecule has 0 spiro atoms. The smallest absolute Gasteiger partial charge is 0.159 e. The fourth-order valence-electron chi connectivity index (χ4n) is 3.88. The second-order valence-corrected chi connectivity index (χ2v) is 7.41. The van der Waals surface area contributed by atoms with E-state index >= 15 is 0 Å². The first kappa shape index (κ1) is 18.2. The maximum absolute atomic E-state index is 13.9. The second-order valence-electron chi connectivity index (χ2n) is 7.41. The van der Waals surface area contributed by atoms with E-state index in [1.54, 1.807) is 18.6 Å². The Kier molecular flexibility index (Phi) is 3.97. The standard InChI is InChI=1S/C24H15FN6O/c25-15-8-14(9-16(32)10-15)17-2-1-3-19-22(17)29-24(28-19)23-18-11-20(13-4-6-26-7-5-13)27-12-21(18)30-31-23/h1-12,32H,(H,28,29)(H,30,31). The molecule has 4 aromatic heterocycles. The first-order chi connectivity index (χ1) is 15.7. The molecule has 154 valence electrons. The summed E-state index contributed by atoms with van der Waals surface area (Å²) in [5.74, 6) is -0.0735. The van der Waals surface area contributed by atoms with E-state index in [-0.39, 0.29) is 5.75 Å².